The van der Waals surface area contributed by atoms with Crippen LogP contribution in [-0.4, -0.2) is 24.5 Å². The summed E-state index contributed by atoms with van der Waals surface area (Å²) in [6.07, 6.45) is -3.26. The van der Waals surface area contributed by atoms with Gasteiger partial charge in [0.25, 0.3) is 0 Å². The summed E-state index contributed by atoms with van der Waals surface area (Å²) < 4.78 is 64.5. The van der Waals surface area contributed by atoms with Crippen molar-refractivity contribution in [1.29, 1.82) is 0 Å². The number of carbonyl (C=O) groups is 1. The van der Waals surface area contributed by atoms with E-state index in [9.17, 15) is 26.4 Å². The number of aryl methyl sites for hydroxylation is 1. The maximum atomic E-state index is 12.9. The number of rotatable bonds is 4. The van der Waals surface area contributed by atoms with Gasteiger partial charge in [0.2, 0.25) is 0 Å². The first-order valence-electron chi connectivity index (χ1n) is 6.16. The first-order chi connectivity index (χ1) is 10.1. The van der Waals surface area contributed by atoms with Crippen molar-refractivity contribution in [2.45, 2.75) is 11.1 Å². The van der Waals surface area contributed by atoms with Crippen LogP contribution in [-0.2, 0) is 23.1 Å². The van der Waals surface area contributed by atoms with Gasteiger partial charge in [0.1, 0.15) is 5.75 Å². The van der Waals surface area contributed by atoms with Crippen LogP contribution in [0.5, 0.6) is 0 Å². The van der Waals surface area contributed by atoms with Crippen molar-refractivity contribution < 1.29 is 26.4 Å². The van der Waals surface area contributed by atoms with Gasteiger partial charge < -0.3 is 4.57 Å². The molecule has 1 heterocycles. The molecule has 22 heavy (non-hydrogen) atoms. The summed E-state index contributed by atoms with van der Waals surface area (Å²) in [5, 5.41) is 0. The average Bonchev–Trinajstić information content (AvgIpc) is 2.83. The molecule has 2 aromatic rings. The predicted octanol–water partition coefficient (Wildman–Crippen LogP) is 2.70. The summed E-state index contributed by atoms with van der Waals surface area (Å²) in [6, 6.07) is 6.78. The lowest BCUT2D eigenvalue weighted by molar-refractivity contribution is -0.139. The average molecular weight is 331 g/mol. The minimum Gasteiger partial charge on any atom is -0.348 e. The lowest BCUT2D eigenvalue weighted by atomic mass is 10.2. The summed E-state index contributed by atoms with van der Waals surface area (Å²) in [5.41, 5.74) is -1.15. The number of hydrogen-bond donors (Lipinski definition) is 0. The second kappa shape index (κ2) is 5.60. The van der Waals surface area contributed by atoms with E-state index in [-0.39, 0.29) is 5.69 Å². The van der Waals surface area contributed by atoms with E-state index in [2.05, 4.69) is 0 Å². The van der Waals surface area contributed by atoms with Crippen LogP contribution in [0.1, 0.15) is 16.1 Å². The van der Waals surface area contributed by atoms with E-state index < -0.39 is 38.0 Å². The van der Waals surface area contributed by atoms with Crippen LogP contribution < -0.4 is 0 Å². The number of alkyl halides is 3. The summed E-state index contributed by atoms with van der Waals surface area (Å²) in [4.78, 5) is 11.1. The maximum Gasteiger partial charge on any atom is 0.417 e. The number of halogens is 3. The van der Waals surface area contributed by atoms with Crippen LogP contribution in [0.15, 0.2) is 47.5 Å². The van der Waals surface area contributed by atoms with E-state index >= 15 is 0 Å². The van der Waals surface area contributed by atoms with Gasteiger partial charge in [-0.05, 0) is 24.3 Å². The molecular weight excluding hydrogens is 319 g/mol. The minimum atomic E-state index is -4.81. The van der Waals surface area contributed by atoms with Crippen molar-refractivity contribution in [3.8, 4) is 0 Å². The normalized spacial score (nSPS) is 12.4. The Hall–Kier alpha value is -2.09. The number of benzene rings is 1. The minimum absolute atomic E-state index is 0.119. The van der Waals surface area contributed by atoms with Gasteiger partial charge in [0.05, 0.1) is 16.2 Å². The van der Waals surface area contributed by atoms with Gasteiger partial charge in [-0.25, -0.2) is 8.42 Å². The maximum absolute atomic E-state index is 12.9. The van der Waals surface area contributed by atoms with Gasteiger partial charge in [0, 0.05) is 13.2 Å². The lowest BCUT2D eigenvalue weighted by Crippen LogP contribution is -2.21. The van der Waals surface area contributed by atoms with Crippen LogP contribution in [0.25, 0.3) is 0 Å². The van der Waals surface area contributed by atoms with Gasteiger partial charge in [-0.3, -0.25) is 4.79 Å². The van der Waals surface area contributed by atoms with Crippen LogP contribution in [0.3, 0.4) is 0 Å². The summed E-state index contributed by atoms with van der Waals surface area (Å²) in [5.74, 6) is -1.78. The highest BCUT2D eigenvalue weighted by Crippen LogP contribution is 2.34. The first-order valence-corrected chi connectivity index (χ1v) is 7.81. The topological polar surface area (TPSA) is 56.1 Å². The highest BCUT2D eigenvalue weighted by Gasteiger charge is 2.37. The van der Waals surface area contributed by atoms with Crippen molar-refractivity contribution in [2.75, 3.05) is 5.75 Å². The molecule has 0 saturated carbocycles. The van der Waals surface area contributed by atoms with Crippen LogP contribution >= 0.6 is 0 Å². The molecule has 0 unspecified atom stereocenters. The largest absolute Gasteiger partial charge is 0.417 e. The number of Topliss-reactive ketones (excluding diaryl/α,β-unsaturated/α-hetero) is 1. The summed E-state index contributed by atoms with van der Waals surface area (Å²) >= 11 is 0. The molecule has 0 aliphatic carbocycles. The van der Waals surface area contributed by atoms with E-state index in [1.54, 1.807) is 19.3 Å². The Morgan fingerprint density at radius 1 is 1.14 bits per heavy atom. The number of nitrogens with zero attached hydrogens (tertiary/aromatic N) is 1. The van der Waals surface area contributed by atoms with Gasteiger partial charge in [-0.2, -0.15) is 13.2 Å². The molecule has 0 radical (unpaired) electrons. The molecule has 0 N–H and O–H groups in total. The summed E-state index contributed by atoms with van der Waals surface area (Å²) in [7, 11) is -2.85. The van der Waals surface area contributed by atoms with E-state index in [4.69, 9.17) is 0 Å². The molecule has 0 saturated heterocycles. The smallest absolute Gasteiger partial charge is 0.348 e. The third-order valence-electron chi connectivity index (χ3n) is 3.08. The van der Waals surface area contributed by atoms with Gasteiger partial charge in [-0.1, -0.05) is 12.1 Å². The number of sulfone groups is 1. The SMILES string of the molecule is Cn1cccc1C(=O)CS(=O)(=O)c1ccccc1C(F)(F)F. The summed E-state index contributed by atoms with van der Waals surface area (Å²) in [6.45, 7) is 0. The van der Waals surface area contributed by atoms with Crippen LogP contribution in [0, 0.1) is 0 Å². The Balaban J connectivity index is 2.41. The molecule has 0 spiro atoms. The molecule has 0 aliphatic rings. The van der Waals surface area contributed by atoms with Crippen LogP contribution in [0.2, 0.25) is 0 Å². The predicted molar refractivity (Wildman–Crippen MR) is 73.2 cm³/mol. The zero-order valence-corrected chi connectivity index (χ0v) is 12.3. The molecule has 118 valence electrons. The molecule has 0 atom stereocenters. The molecule has 8 heteroatoms. The molecule has 4 nitrogen and oxygen atoms in total. The second-order valence-electron chi connectivity index (χ2n) is 4.68. The molecular formula is C14H12F3NO3S. The molecule has 0 bridgehead atoms. The van der Waals surface area contributed by atoms with Gasteiger partial charge >= 0.3 is 6.18 Å². The van der Waals surface area contributed by atoms with E-state index in [0.717, 1.165) is 12.1 Å². The second-order valence-corrected chi connectivity index (χ2v) is 6.64. The van der Waals surface area contributed by atoms with Crippen molar-refractivity contribution in [3.63, 3.8) is 0 Å². The Morgan fingerprint density at radius 2 is 1.77 bits per heavy atom. The molecule has 2 rings (SSSR count). The van der Waals surface area contributed by atoms with E-state index in [0.29, 0.717) is 6.07 Å². The molecule has 1 aromatic heterocycles. The standard InChI is InChI=1S/C14H12F3NO3S/c1-18-8-4-6-11(18)12(19)9-22(20,21)13-7-3-2-5-10(13)14(15,16)17/h2-8H,9H2,1H3. The lowest BCUT2D eigenvalue weighted by Gasteiger charge is -2.12. The number of carbonyl (C=O) groups excluding carboxylic acids is 1. The monoisotopic (exact) mass is 331 g/mol. The van der Waals surface area contributed by atoms with Crippen molar-refractivity contribution >= 4 is 15.6 Å². The fourth-order valence-electron chi connectivity index (χ4n) is 2.05. The highest BCUT2D eigenvalue weighted by molar-refractivity contribution is 7.92. The zero-order chi connectivity index (χ0) is 16.5. The number of hydrogen-bond acceptors (Lipinski definition) is 3. The third kappa shape index (κ3) is 3.22. The fourth-order valence-corrected chi connectivity index (χ4v) is 3.50. The quantitative estimate of drug-likeness (QED) is 0.810. The van der Waals surface area contributed by atoms with E-state index in [1.807, 2.05) is 0 Å². The van der Waals surface area contributed by atoms with Crippen molar-refractivity contribution in [3.05, 3.63) is 53.9 Å². The van der Waals surface area contributed by atoms with Gasteiger partial charge in [0.15, 0.2) is 15.6 Å². The number of ketones is 1. The number of aromatic nitrogens is 1. The first kappa shape index (κ1) is 16.3. The fraction of sp³-hybridized carbons (Fsp3) is 0.214. The van der Waals surface area contributed by atoms with E-state index in [1.165, 1.54) is 16.7 Å². The Labute approximate surface area is 125 Å². The van der Waals surface area contributed by atoms with Crippen LogP contribution in [0.4, 0.5) is 13.2 Å². The molecule has 1 aromatic carbocycles. The Kier molecular flexibility index (Phi) is 4.15. The Bertz CT molecular complexity index is 807. The third-order valence-corrected chi connectivity index (χ3v) is 4.75. The molecule has 0 amide bonds. The zero-order valence-electron chi connectivity index (χ0n) is 11.5. The molecule has 0 fully saturated rings. The van der Waals surface area contributed by atoms with Crippen molar-refractivity contribution in [2.24, 2.45) is 7.05 Å². The van der Waals surface area contributed by atoms with Gasteiger partial charge in [-0.15, -0.1) is 0 Å². The van der Waals surface area contributed by atoms with Crippen molar-refractivity contribution in [1.82, 2.24) is 4.57 Å². The Morgan fingerprint density at radius 3 is 2.32 bits per heavy atom. The highest BCUT2D eigenvalue weighted by atomic mass is 32.2. The molecule has 0 aliphatic heterocycles.